The van der Waals surface area contributed by atoms with Crippen LogP contribution in [0.1, 0.15) is 20.9 Å². The second-order valence-corrected chi connectivity index (χ2v) is 7.04. The van der Waals surface area contributed by atoms with Crippen molar-refractivity contribution in [2.75, 3.05) is 31.2 Å². The number of hydrogen-bond acceptors (Lipinski definition) is 5. The number of fused-ring (bicyclic) bond motifs is 1. The summed E-state index contributed by atoms with van der Waals surface area (Å²) in [5.74, 6) is -0.238. The van der Waals surface area contributed by atoms with E-state index < -0.39 is 0 Å². The van der Waals surface area contributed by atoms with Crippen molar-refractivity contribution in [2.45, 2.75) is 6.42 Å². The summed E-state index contributed by atoms with van der Waals surface area (Å²) in [4.78, 5) is 19.0. The van der Waals surface area contributed by atoms with E-state index in [-0.39, 0.29) is 5.82 Å². The highest BCUT2D eigenvalue weighted by Crippen LogP contribution is 2.28. The van der Waals surface area contributed by atoms with Gasteiger partial charge in [-0.2, -0.15) is 0 Å². The van der Waals surface area contributed by atoms with Gasteiger partial charge in [0.1, 0.15) is 5.82 Å². The maximum atomic E-state index is 13.3. The summed E-state index contributed by atoms with van der Waals surface area (Å²) >= 11 is 1.43. The molecule has 0 saturated carbocycles. The lowest BCUT2D eigenvalue weighted by Crippen LogP contribution is -2.36. The normalized spacial score (nSPS) is 14.8. The molecule has 0 unspecified atom stereocenters. The van der Waals surface area contributed by atoms with Crippen LogP contribution >= 0.6 is 11.3 Å². The number of aldehydes is 1. The maximum Gasteiger partial charge on any atom is 0.186 e. The van der Waals surface area contributed by atoms with Gasteiger partial charge in [0.2, 0.25) is 0 Å². The van der Waals surface area contributed by atoms with E-state index in [0.717, 1.165) is 46.5 Å². The number of ether oxygens (including phenoxy) is 1. The van der Waals surface area contributed by atoms with Crippen LogP contribution in [-0.2, 0) is 11.2 Å². The Morgan fingerprint density at radius 3 is 2.72 bits per heavy atom. The molecule has 2 heterocycles. The minimum Gasteiger partial charge on any atom is -0.378 e. The van der Waals surface area contributed by atoms with Gasteiger partial charge in [0, 0.05) is 19.5 Å². The zero-order valence-electron chi connectivity index (χ0n) is 13.6. The summed E-state index contributed by atoms with van der Waals surface area (Å²) in [6, 6.07) is 10.7. The summed E-state index contributed by atoms with van der Waals surface area (Å²) in [5, 5.41) is 2.73. The van der Waals surface area contributed by atoms with Gasteiger partial charge in [-0.05, 0) is 28.5 Å². The summed E-state index contributed by atoms with van der Waals surface area (Å²) in [6.07, 6.45) is 1.47. The third-order valence-corrected chi connectivity index (χ3v) is 5.43. The van der Waals surface area contributed by atoms with Crippen LogP contribution in [-0.4, -0.2) is 37.6 Å². The van der Waals surface area contributed by atoms with Crippen molar-refractivity contribution in [2.24, 2.45) is 0 Å². The molecule has 0 spiro atoms. The first-order valence-electron chi connectivity index (χ1n) is 8.19. The highest BCUT2D eigenvalue weighted by Gasteiger charge is 2.18. The molecule has 1 aliphatic heterocycles. The van der Waals surface area contributed by atoms with Gasteiger partial charge in [0.15, 0.2) is 11.4 Å². The van der Waals surface area contributed by atoms with Crippen LogP contribution in [0, 0.1) is 5.82 Å². The molecule has 0 bridgehead atoms. The monoisotopic (exact) mass is 356 g/mol. The molecular formula is C19H17FN2O2S. The molecule has 0 amide bonds. The van der Waals surface area contributed by atoms with Gasteiger partial charge in [0.25, 0.3) is 0 Å². The van der Waals surface area contributed by atoms with Gasteiger partial charge in [0.05, 0.1) is 23.8 Å². The SMILES string of the molecule is O=Cc1sc(N2CCOCC2)nc1Cc1ccc2cc(F)ccc2c1. The fourth-order valence-electron chi connectivity index (χ4n) is 3.03. The second-order valence-electron chi connectivity index (χ2n) is 6.03. The first-order valence-corrected chi connectivity index (χ1v) is 9.00. The number of carbonyl (C=O) groups is 1. The van der Waals surface area contributed by atoms with Crippen molar-refractivity contribution in [3.05, 3.63) is 58.3 Å². The summed E-state index contributed by atoms with van der Waals surface area (Å²) in [7, 11) is 0. The highest BCUT2D eigenvalue weighted by molar-refractivity contribution is 7.17. The molecule has 1 aromatic heterocycles. The van der Waals surface area contributed by atoms with E-state index in [1.807, 2.05) is 18.2 Å². The van der Waals surface area contributed by atoms with Gasteiger partial charge < -0.3 is 9.64 Å². The molecule has 4 rings (SSSR count). The van der Waals surface area contributed by atoms with E-state index in [1.165, 1.54) is 23.5 Å². The van der Waals surface area contributed by atoms with Crippen LogP contribution in [0.4, 0.5) is 9.52 Å². The minimum absolute atomic E-state index is 0.238. The Morgan fingerprint density at radius 1 is 1.16 bits per heavy atom. The lowest BCUT2D eigenvalue weighted by Gasteiger charge is -2.26. The van der Waals surface area contributed by atoms with Crippen molar-refractivity contribution in [3.63, 3.8) is 0 Å². The third kappa shape index (κ3) is 3.41. The third-order valence-electron chi connectivity index (χ3n) is 4.34. The minimum atomic E-state index is -0.238. The quantitative estimate of drug-likeness (QED) is 0.669. The van der Waals surface area contributed by atoms with Crippen molar-refractivity contribution < 1.29 is 13.9 Å². The molecule has 0 radical (unpaired) electrons. The molecule has 0 aliphatic carbocycles. The van der Waals surface area contributed by atoms with E-state index in [0.29, 0.717) is 24.5 Å². The van der Waals surface area contributed by atoms with E-state index >= 15 is 0 Å². The summed E-state index contributed by atoms with van der Waals surface area (Å²) in [6.45, 7) is 2.97. The number of benzene rings is 2. The van der Waals surface area contributed by atoms with Crippen LogP contribution in [0.25, 0.3) is 10.8 Å². The number of nitrogens with zero attached hydrogens (tertiary/aromatic N) is 2. The molecule has 128 valence electrons. The highest BCUT2D eigenvalue weighted by atomic mass is 32.1. The van der Waals surface area contributed by atoms with Gasteiger partial charge in [-0.1, -0.05) is 35.6 Å². The lowest BCUT2D eigenvalue weighted by atomic mass is 10.0. The zero-order chi connectivity index (χ0) is 17.2. The zero-order valence-corrected chi connectivity index (χ0v) is 14.4. The number of anilines is 1. The largest absolute Gasteiger partial charge is 0.378 e. The molecule has 2 aromatic carbocycles. The Labute approximate surface area is 148 Å². The smallest absolute Gasteiger partial charge is 0.186 e. The van der Waals surface area contributed by atoms with Crippen molar-refractivity contribution in [3.8, 4) is 0 Å². The number of halogens is 1. The fraction of sp³-hybridized carbons (Fsp3) is 0.263. The van der Waals surface area contributed by atoms with Crippen LogP contribution in [0.5, 0.6) is 0 Å². The van der Waals surface area contributed by atoms with Crippen molar-refractivity contribution in [1.82, 2.24) is 4.98 Å². The molecule has 0 atom stereocenters. The predicted molar refractivity (Wildman–Crippen MR) is 97.2 cm³/mol. The molecule has 6 heteroatoms. The molecule has 1 fully saturated rings. The molecule has 1 aliphatic rings. The molecule has 1 saturated heterocycles. The number of carbonyl (C=O) groups excluding carboxylic acids is 1. The molecule has 25 heavy (non-hydrogen) atoms. The summed E-state index contributed by atoms with van der Waals surface area (Å²) < 4.78 is 18.7. The number of thiazole rings is 1. The van der Waals surface area contributed by atoms with Crippen LogP contribution in [0.2, 0.25) is 0 Å². The van der Waals surface area contributed by atoms with E-state index in [4.69, 9.17) is 9.72 Å². The Bertz CT molecular complexity index is 919. The van der Waals surface area contributed by atoms with Gasteiger partial charge in [-0.25, -0.2) is 9.37 Å². The first-order chi connectivity index (χ1) is 12.2. The Kier molecular flexibility index (Phi) is 4.46. The van der Waals surface area contributed by atoms with Crippen LogP contribution in [0.3, 0.4) is 0 Å². The van der Waals surface area contributed by atoms with Crippen LogP contribution in [0.15, 0.2) is 36.4 Å². The number of aromatic nitrogens is 1. The summed E-state index contributed by atoms with van der Waals surface area (Å²) in [5.41, 5.74) is 1.85. The standard InChI is InChI=1S/C19H17FN2O2S/c20-16-4-3-14-9-13(1-2-15(14)11-16)10-17-18(12-23)25-19(21-17)22-5-7-24-8-6-22/h1-4,9,11-12H,5-8,10H2. The fourth-order valence-corrected chi connectivity index (χ4v) is 3.98. The average Bonchev–Trinajstić information content (AvgIpc) is 3.05. The molecule has 0 N–H and O–H groups in total. The predicted octanol–water partition coefficient (Wildman–Crippen LogP) is 3.68. The Hall–Kier alpha value is -2.31. The van der Waals surface area contributed by atoms with Crippen molar-refractivity contribution in [1.29, 1.82) is 0 Å². The van der Waals surface area contributed by atoms with Crippen LogP contribution < -0.4 is 4.90 Å². The Balaban J connectivity index is 1.62. The average molecular weight is 356 g/mol. The van der Waals surface area contributed by atoms with E-state index in [1.54, 1.807) is 6.07 Å². The van der Waals surface area contributed by atoms with Gasteiger partial charge >= 0.3 is 0 Å². The molecule has 4 nitrogen and oxygen atoms in total. The number of hydrogen-bond donors (Lipinski definition) is 0. The molecular weight excluding hydrogens is 339 g/mol. The number of rotatable bonds is 4. The number of morpholine rings is 1. The molecule has 3 aromatic rings. The van der Waals surface area contributed by atoms with Crippen molar-refractivity contribution >= 4 is 33.5 Å². The maximum absolute atomic E-state index is 13.3. The van der Waals surface area contributed by atoms with E-state index in [9.17, 15) is 9.18 Å². The van der Waals surface area contributed by atoms with E-state index in [2.05, 4.69) is 4.90 Å². The second kappa shape index (κ2) is 6.90. The van der Waals surface area contributed by atoms with Gasteiger partial charge in [-0.15, -0.1) is 0 Å². The van der Waals surface area contributed by atoms with Gasteiger partial charge in [-0.3, -0.25) is 4.79 Å². The topological polar surface area (TPSA) is 42.4 Å². The first kappa shape index (κ1) is 16.2. The Morgan fingerprint density at radius 2 is 1.92 bits per heavy atom. The lowest BCUT2D eigenvalue weighted by molar-refractivity contribution is 0.112.